The lowest BCUT2D eigenvalue weighted by Crippen LogP contribution is -2.14. The van der Waals surface area contributed by atoms with Crippen LogP contribution in [0.1, 0.15) is 23.8 Å². The summed E-state index contributed by atoms with van der Waals surface area (Å²) in [6.45, 7) is 2.24. The van der Waals surface area contributed by atoms with Crippen molar-refractivity contribution in [3.05, 3.63) is 39.2 Å². The fraction of sp³-hybridized carbons (Fsp3) is 0.333. The van der Waals surface area contributed by atoms with Crippen molar-refractivity contribution in [1.82, 2.24) is 9.97 Å². The first-order valence-corrected chi connectivity index (χ1v) is 7.62. The summed E-state index contributed by atoms with van der Waals surface area (Å²) in [7, 11) is 0. The highest BCUT2D eigenvalue weighted by Gasteiger charge is 2.23. The van der Waals surface area contributed by atoms with Gasteiger partial charge in [0, 0.05) is 4.88 Å². The second-order valence-electron chi connectivity index (χ2n) is 5.42. The number of hydrogen-bond acceptors (Lipinski definition) is 4. The van der Waals surface area contributed by atoms with Crippen LogP contribution < -0.4 is 5.56 Å². The van der Waals surface area contributed by atoms with Gasteiger partial charge in [0.05, 0.1) is 11.6 Å². The summed E-state index contributed by atoms with van der Waals surface area (Å²) in [5.41, 5.74) is 1.16. The number of nitrogens with zero attached hydrogens (tertiary/aromatic N) is 1. The van der Waals surface area contributed by atoms with E-state index in [4.69, 9.17) is 4.42 Å². The van der Waals surface area contributed by atoms with Gasteiger partial charge in [0.1, 0.15) is 4.83 Å². The minimum atomic E-state index is -0.0481. The molecule has 0 bridgehead atoms. The lowest BCUT2D eigenvalue weighted by molar-refractivity contribution is 0.508. The number of aromatic amines is 1. The maximum Gasteiger partial charge on any atom is 0.260 e. The first kappa shape index (κ1) is 11.9. The molecule has 0 aromatic carbocycles. The van der Waals surface area contributed by atoms with Gasteiger partial charge < -0.3 is 9.40 Å². The summed E-state index contributed by atoms with van der Waals surface area (Å²) < 4.78 is 5.31. The highest BCUT2D eigenvalue weighted by molar-refractivity contribution is 7.18. The SMILES string of the molecule is C[C@@H]1CCc2sc3nc(-c4ccco4)[nH]c(=O)c3c2C1. The Morgan fingerprint density at radius 2 is 2.40 bits per heavy atom. The van der Waals surface area contributed by atoms with Crippen molar-refractivity contribution < 1.29 is 4.42 Å². The van der Waals surface area contributed by atoms with E-state index >= 15 is 0 Å². The van der Waals surface area contributed by atoms with Crippen molar-refractivity contribution in [1.29, 1.82) is 0 Å². The van der Waals surface area contributed by atoms with Gasteiger partial charge in [-0.2, -0.15) is 0 Å². The summed E-state index contributed by atoms with van der Waals surface area (Å²) in [6, 6.07) is 3.60. The molecule has 0 fully saturated rings. The smallest absolute Gasteiger partial charge is 0.260 e. The predicted octanol–water partition coefficient (Wildman–Crippen LogP) is 3.37. The highest BCUT2D eigenvalue weighted by atomic mass is 32.1. The third-order valence-corrected chi connectivity index (χ3v) is 5.10. The van der Waals surface area contributed by atoms with Crippen LogP contribution in [0, 0.1) is 5.92 Å². The number of hydrogen-bond donors (Lipinski definition) is 1. The zero-order chi connectivity index (χ0) is 13.7. The van der Waals surface area contributed by atoms with Crippen LogP contribution in [0.4, 0.5) is 0 Å². The van der Waals surface area contributed by atoms with E-state index in [2.05, 4.69) is 16.9 Å². The quantitative estimate of drug-likeness (QED) is 0.746. The monoisotopic (exact) mass is 286 g/mol. The molecule has 1 aliphatic carbocycles. The lowest BCUT2D eigenvalue weighted by Gasteiger charge is -2.17. The van der Waals surface area contributed by atoms with Crippen molar-refractivity contribution in [3.63, 3.8) is 0 Å². The molecule has 1 N–H and O–H groups in total. The number of H-pyrrole nitrogens is 1. The van der Waals surface area contributed by atoms with Crippen molar-refractivity contribution >= 4 is 21.6 Å². The van der Waals surface area contributed by atoms with Crippen LogP contribution in [0.2, 0.25) is 0 Å². The number of furan rings is 1. The topological polar surface area (TPSA) is 58.9 Å². The Labute approximate surface area is 119 Å². The standard InChI is InChI=1S/C15H14N2O2S/c1-8-4-5-11-9(7-8)12-14(18)16-13(17-15(12)20-11)10-3-2-6-19-10/h2-3,6,8H,4-5,7H2,1H3,(H,16,17,18)/t8-/m1/s1. The van der Waals surface area contributed by atoms with Crippen molar-refractivity contribution in [2.45, 2.75) is 26.2 Å². The van der Waals surface area contributed by atoms with E-state index in [0.717, 1.165) is 23.1 Å². The van der Waals surface area contributed by atoms with Gasteiger partial charge in [-0.3, -0.25) is 4.79 Å². The van der Waals surface area contributed by atoms with Gasteiger partial charge in [-0.1, -0.05) is 6.92 Å². The van der Waals surface area contributed by atoms with Crippen LogP contribution in [0.5, 0.6) is 0 Å². The minimum absolute atomic E-state index is 0.0481. The third kappa shape index (κ3) is 1.73. The minimum Gasteiger partial charge on any atom is -0.461 e. The summed E-state index contributed by atoms with van der Waals surface area (Å²) in [6.07, 6.45) is 4.83. The van der Waals surface area contributed by atoms with Crippen LogP contribution >= 0.6 is 11.3 Å². The lowest BCUT2D eigenvalue weighted by atomic mass is 9.89. The van der Waals surface area contributed by atoms with Crippen molar-refractivity contribution in [3.8, 4) is 11.6 Å². The molecule has 3 heterocycles. The number of fused-ring (bicyclic) bond motifs is 3. The zero-order valence-electron chi connectivity index (χ0n) is 11.1. The molecule has 0 unspecified atom stereocenters. The highest BCUT2D eigenvalue weighted by Crippen LogP contribution is 2.36. The number of nitrogens with one attached hydrogen (secondary N) is 1. The normalized spacial score (nSPS) is 18.4. The van der Waals surface area contributed by atoms with E-state index in [1.807, 2.05) is 0 Å². The molecule has 20 heavy (non-hydrogen) atoms. The molecule has 5 heteroatoms. The molecule has 0 saturated carbocycles. The first-order chi connectivity index (χ1) is 9.72. The molecule has 4 rings (SSSR count). The molecule has 4 nitrogen and oxygen atoms in total. The van der Waals surface area contributed by atoms with E-state index < -0.39 is 0 Å². The summed E-state index contributed by atoms with van der Waals surface area (Å²) in [5, 5.41) is 0.784. The number of aromatic nitrogens is 2. The van der Waals surface area contributed by atoms with Gasteiger partial charge in [-0.15, -0.1) is 11.3 Å². The Bertz CT molecular complexity index is 830. The van der Waals surface area contributed by atoms with Crippen LogP contribution in [-0.4, -0.2) is 9.97 Å². The van der Waals surface area contributed by atoms with E-state index in [0.29, 0.717) is 17.5 Å². The Morgan fingerprint density at radius 1 is 1.50 bits per heavy atom. The van der Waals surface area contributed by atoms with Crippen molar-refractivity contribution in [2.24, 2.45) is 5.92 Å². The third-order valence-electron chi connectivity index (χ3n) is 3.92. The largest absolute Gasteiger partial charge is 0.461 e. The molecule has 0 radical (unpaired) electrons. The summed E-state index contributed by atoms with van der Waals surface area (Å²) in [4.78, 5) is 22.0. The van der Waals surface area contributed by atoms with Gasteiger partial charge in [-0.25, -0.2) is 4.98 Å². The summed E-state index contributed by atoms with van der Waals surface area (Å²) >= 11 is 1.65. The molecular formula is C15H14N2O2S. The molecule has 0 spiro atoms. The average molecular weight is 286 g/mol. The van der Waals surface area contributed by atoms with Gasteiger partial charge >= 0.3 is 0 Å². The van der Waals surface area contributed by atoms with E-state index in [-0.39, 0.29) is 5.56 Å². The first-order valence-electron chi connectivity index (χ1n) is 6.81. The van der Waals surface area contributed by atoms with Crippen LogP contribution in [0.3, 0.4) is 0 Å². The second-order valence-corrected chi connectivity index (χ2v) is 6.51. The Balaban J connectivity index is 1.97. The molecule has 102 valence electrons. The average Bonchev–Trinajstić information content (AvgIpc) is 3.04. The van der Waals surface area contributed by atoms with E-state index in [1.165, 1.54) is 16.9 Å². The number of rotatable bonds is 1. The molecule has 1 aliphatic rings. The summed E-state index contributed by atoms with van der Waals surface area (Å²) in [5.74, 6) is 1.76. The maximum atomic E-state index is 12.4. The molecule has 3 aromatic rings. The number of thiophene rings is 1. The molecular weight excluding hydrogens is 272 g/mol. The molecule has 3 aromatic heterocycles. The van der Waals surface area contributed by atoms with Crippen LogP contribution in [-0.2, 0) is 12.8 Å². The Kier molecular flexibility index (Phi) is 2.57. The van der Waals surface area contributed by atoms with Gasteiger partial charge in [0.2, 0.25) is 0 Å². The van der Waals surface area contributed by atoms with Crippen molar-refractivity contribution in [2.75, 3.05) is 0 Å². The van der Waals surface area contributed by atoms with E-state index in [1.54, 1.807) is 29.7 Å². The Morgan fingerprint density at radius 3 is 3.20 bits per heavy atom. The van der Waals surface area contributed by atoms with Gasteiger partial charge in [0.25, 0.3) is 5.56 Å². The van der Waals surface area contributed by atoms with Gasteiger partial charge in [0.15, 0.2) is 11.6 Å². The van der Waals surface area contributed by atoms with E-state index in [9.17, 15) is 4.79 Å². The number of aryl methyl sites for hydroxylation is 1. The fourth-order valence-corrected chi connectivity index (χ4v) is 4.10. The predicted molar refractivity (Wildman–Crippen MR) is 79.1 cm³/mol. The second kappa shape index (κ2) is 4.31. The molecule has 0 aliphatic heterocycles. The Hall–Kier alpha value is -1.88. The van der Waals surface area contributed by atoms with Gasteiger partial charge in [-0.05, 0) is 42.9 Å². The fourth-order valence-electron chi connectivity index (χ4n) is 2.89. The van der Waals surface area contributed by atoms with Crippen LogP contribution in [0.25, 0.3) is 21.8 Å². The van der Waals surface area contributed by atoms with Crippen LogP contribution in [0.15, 0.2) is 27.6 Å². The molecule has 0 saturated heterocycles. The molecule has 0 amide bonds. The maximum absolute atomic E-state index is 12.4. The zero-order valence-corrected chi connectivity index (χ0v) is 11.9. The molecule has 1 atom stereocenters.